The first-order chi connectivity index (χ1) is 5.39. The normalized spacial score (nSPS) is 11.6. The molecule has 0 aromatic heterocycles. The maximum Gasteiger partial charge on any atom is 0.238 e. The lowest BCUT2D eigenvalue weighted by Crippen LogP contribution is -2.12. The van der Waals surface area contributed by atoms with Crippen LogP contribution >= 0.6 is 22.6 Å². The van der Waals surface area contributed by atoms with E-state index in [1.807, 2.05) is 22.6 Å². The molecule has 0 spiro atoms. The van der Waals surface area contributed by atoms with Crippen molar-refractivity contribution in [1.29, 1.82) is 0 Å². The maximum atomic E-state index is 12.6. The third-order valence-corrected chi connectivity index (χ3v) is 2.68. The molecule has 6 heteroatoms. The third kappa shape index (κ3) is 2.39. The first kappa shape index (κ1) is 9.87. The lowest BCUT2D eigenvalue weighted by molar-refractivity contribution is 0.592. The minimum absolute atomic E-state index is 0.202. The van der Waals surface area contributed by atoms with Crippen LogP contribution in [0.1, 0.15) is 0 Å². The van der Waals surface area contributed by atoms with Gasteiger partial charge in [-0.1, -0.05) is 0 Å². The Morgan fingerprint density at radius 3 is 2.33 bits per heavy atom. The Morgan fingerprint density at radius 2 is 1.92 bits per heavy atom. The third-order valence-electron chi connectivity index (χ3n) is 1.16. The largest absolute Gasteiger partial charge is 0.238 e. The van der Waals surface area contributed by atoms with Crippen LogP contribution in [0.5, 0.6) is 0 Å². The first-order valence-corrected chi connectivity index (χ1v) is 5.51. The van der Waals surface area contributed by atoms with Gasteiger partial charge in [-0.25, -0.2) is 17.9 Å². The average Bonchev–Trinajstić information content (AvgIpc) is 1.82. The highest BCUT2D eigenvalue weighted by atomic mass is 127. The van der Waals surface area contributed by atoms with E-state index < -0.39 is 15.8 Å². The number of benzene rings is 1. The van der Waals surface area contributed by atoms with Gasteiger partial charge in [0.15, 0.2) is 0 Å². The molecule has 0 radical (unpaired) electrons. The van der Waals surface area contributed by atoms with Crippen molar-refractivity contribution in [1.82, 2.24) is 0 Å². The molecule has 1 rings (SSSR count). The molecular formula is C6H5FINO2S. The summed E-state index contributed by atoms with van der Waals surface area (Å²) in [7, 11) is -3.79. The predicted molar refractivity (Wildman–Crippen MR) is 50.5 cm³/mol. The van der Waals surface area contributed by atoms with Gasteiger partial charge in [-0.3, -0.25) is 0 Å². The van der Waals surface area contributed by atoms with Crippen LogP contribution in [-0.2, 0) is 10.0 Å². The van der Waals surface area contributed by atoms with Crippen molar-refractivity contribution in [2.75, 3.05) is 0 Å². The first-order valence-electron chi connectivity index (χ1n) is 2.88. The summed E-state index contributed by atoms with van der Waals surface area (Å²) in [4.78, 5) is -0.202. The van der Waals surface area contributed by atoms with Crippen LogP contribution in [0.15, 0.2) is 23.1 Å². The highest BCUT2D eigenvalue weighted by Crippen LogP contribution is 2.14. The average molecular weight is 301 g/mol. The van der Waals surface area contributed by atoms with Crippen molar-refractivity contribution in [3.05, 3.63) is 27.6 Å². The zero-order chi connectivity index (χ0) is 9.35. The fourth-order valence-corrected chi connectivity index (χ4v) is 2.11. The fraction of sp³-hybridized carbons (Fsp3) is 0. The van der Waals surface area contributed by atoms with Crippen molar-refractivity contribution < 1.29 is 12.8 Å². The van der Waals surface area contributed by atoms with Gasteiger partial charge in [-0.15, -0.1) is 0 Å². The summed E-state index contributed by atoms with van der Waals surface area (Å²) in [6.45, 7) is 0. The SMILES string of the molecule is NS(=O)(=O)c1cc(F)cc(I)c1. The number of primary sulfonamides is 1. The molecule has 0 aliphatic carbocycles. The van der Waals surface area contributed by atoms with E-state index in [0.29, 0.717) is 3.57 Å². The summed E-state index contributed by atoms with van der Waals surface area (Å²) < 4.78 is 34.6. The van der Waals surface area contributed by atoms with E-state index in [9.17, 15) is 12.8 Å². The molecule has 12 heavy (non-hydrogen) atoms. The summed E-state index contributed by atoms with van der Waals surface area (Å²) in [5, 5.41) is 4.80. The predicted octanol–water partition coefficient (Wildman–Crippen LogP) is 1.08. The van der Waals surface area contributed by atoms with Crippen molar-refractivity contribution in [2.24, 2.45) is 5.14 Å². The molecule has 0 atom stereocenters. The second-order valence-electron chi connectivity index (χ2n) is 2.15. The van der Waals surface area contributed by atoms with Crippen molar-refractivity contribution >= 4 is 32.6 Å². The van der Waals surface area contributed by atoms with Crippen molar-refractivity contribution in [2.45, 2.75) is 4.90 Å². The van der Waals surface area contributed by atoms with Gasteiger partial charge in [0, 0.05) is 3.57 Å². The Morgan fingerprint density at radius 1 is 1.33 bits per heavy atom. The quantitative estimate of drug-likeness (QED) is 0.789. The number of hydrogen-bond acceptors (Lipinski definition) is 2. The number of sulfonamides is 1. The lowest BCUT2D eigenvalue weighted by Gasteiger charge is -1.98. The van der Waals surface area contributed by atoms with E-state index in [2.05, 4.69) is 0 Å². The Bertz CT molecular complexity index is 384. The van der Waals surface area contributed by atoms with Crippen LogP contribution in [0.3, 0.4) is 0 Å². The van der Waals surface area contributed by atoms with Gasteiger partial charge in [-0.05, 0) is 40.8 Å². The van der Waals surface area contributed by atoms with Gasteiger partial charge < -0.3 is 0 Å². The second kappa shape index (κ2) is 3.27. The molecule has 0 saturated carbocycles. The highest BCUT2D eigenvalue weighted by molar-refractivity contribution is 14.1. The summed E-state index contributed by atoms with van der Waals surface area (Å²) in [6, 6.07) is 3.41. The van der Waals surface area contributed by atoms with E-state index in [1.165, 1.54) is 12.1 Å². The fourth-order valence-electron chi connectivity index (χ4n) is 0.693. The molecule has 0 saturated heterocycles. The standard InChI is InChI=1S/C6H5FINO2S/c7-4-1-5(8)3-6(2-4)12(9,10)11/h1-3H,(H2,9,10,11). The molecule has 2 N–H and O–H groups in total. The van der Waals surface area contributed by atoms with Gasteiger partial charge in [0.25, 0.3) is 0 Å². The molecule has 66 valence electrons. The lowest BCUT2D eigenvalue weighted by atomic mass is 10.3. The summed E-state index contributed by atoms with van der Waals surface area (Å²) in [5.41, 5.74) is 0. The van der Waals surface area contributed by atoms with Crippen LogP contribution in [0.25, 0.3) is 0 Å². The molecule has 0 fully saturated rings. The Hall–Kier alpha value is -0.210. The highest BCUT2D eigenvalue weighted by Gasteiger charge is 2.09. The van der Waals surface area contributed by atoms with Crippen LogP contribution in [-0.4, -0.2) is 8.42 Å². The minimum Gasteiger partial charge on any atom is -0.225 e. The van der Waals surface area contributed by atoms with Crippen LogP contribution in [0.4, 0.5) is 4.39 Å². The molecule has 1 aromatic rings. The second-order valence-corrected chi connectivity index (χ2v) is 4.96. The Balaban J connectivity index is 3.37. The molecule has 0 heterocycles. The molecular weight excluding hydrogens is 296 g/mol. The van der Waals surface area contributed by atoms with E-state index in [4.69, 9.17) is 5.14 Å². The van der Waals surface area contributed by atoms with Crippen LogP contribution in [0.2, 0.25) is 0 Å². The minimum atomic E-state index is -3.79. The van der Waals surface area contributed by atoms with E-state index in [-0.39, 0.29) is 4.90 Å². The van der Waals surface area contributed by atoms with Gasteiger partial charge in [0.1, 0.15) is 5.82 Å². The van der Waals surface area contributed by atoms with Gasteiger partial charge in [-0.2, -0.15) is 0 Å². The molecule has 0 bridgehead atoms. The smallest absolute Gasteiger partial charge is 0.225 e. The molecule has 0 amide bonds. The van der Waals surface area contributed by atoms with Crippen LogP contribution < -0.4 is 5.14 Å². The van der Waals surface area contributed by atoms with E-state index in [0.717, 1.165) is 6.07 Å². The Kier molecular flexibility index (Phi) is 2.69. The monoisotopic (exact) mass is 301 g/mol. The van der Waals surface area contributed by atoms with E-state index >= 15 is 0 Å². The number of halogens is 2. The Labute approximate surface area is 83.0 Å². The summed E-state index contributed by atoms with van der Waals surface area (Å²) >= 11 is 1.81. The maximum absolute atomic E-state index is 12.6. The van der Waals surface area contributed by atoms with Gasteiger partial charge in [0.2, 0.25) is 10.0 Å². The molecule has 0 unspecified atom stereocenters. The van der Waals surface area contributed by atoms with Gasteiger partial charge >= 0.3 is 0 Å². The molecule has 0 aliphatic heterocycles. The number of rotatable bonds is 1. The summed E-state index contributed by atoms with van der Waals surface area (Å²) in [6.07, 6.45) is 0. The number of nitrogens with two attached hydrogens (primary N) is 1. The summed E-state index contributed by atoms with van der Waals surface area (Å²) in [5.74, 6) is -0.606. The molecule has 1 aromatic carbocycles. The van der Waals surface area contributed by atoms with Crippen LogP contribution in [0, 0.1) is 9.39 Å². The zero-order valence-electron chi connectivity index (χ0n) is 5.79. The van der Waals surface area contributed by atoms with Crippen molar-refractivity contribution in [3.8, 4) is 0 Å². The zero-order valence-corrected chi connectivity index (χ0v) is 8.76. The molecule has 3 nitrogen and oxygen atoms in total. The van der Waals surface area contributed by atoms with Crippen molar-refractivity contribution in [3.63, 3.8) is 0 Å². The number of hydrogen-bond donors (Lipinski definition) is 1. The van der Waals surface area contributed by atoms with Gasteiger partial charge in [0.05, 0.1) is 4.90 Å². The topological polar surface area (TPSA) is 60.2 Å². The molecule has 0 aliphatic rings. The van der Waals surface area contributed by atoms with E-state index in [1.54, 1.807) is 0 Å².